The second-order valence-electron chi connectivity index (χ2n) is 5.58. The number of amides is 2. The lowest BCUT2D eigenvalue weighted by atomic mass is 10.1. The predicted molar refractivity (Wildman–Crippen MR) is 79.8 cm³/mol. The maximum Gasteiger partial charge on any atom is 0.242 e. The van der Waals surface area contributed by atoms with Gasteiger partial charge < -0.3 is 10.2 Å². The van der Waals surface area contributed by atoms with Crippen molar-refractivity contribution in [3.8, 4) is 0 Å². The Balaban J connectivity index is 2.02. The molecule has 0 saturated carbocycles. The van der Waals surface area contributed by atoms with Gasteiger partial charge in [0.1, 0.15) is 6.04 Å². The number of hydrogen-bond donors (Lipinski definition) is 1. The van der Waals surface area contributed by atoms with Gasteiger partial charge in [0.2, 0.25) is 11.8 Å². The maximum absolute atomic E-state index is 12.4. The van der Waals surface area contributed by atoms with Crippen molar-refractivity contribution in [1.82, 2.24) is 20.0 Å². The third-order valence-corrected chi connectivity index (χ3v) is 4.29. The summed E-state index contributed by atoms with van der Waals surface area (Å²) >= 11 is 0. The maximum atomic E-state index is 12.4. The lowest BCUT2D eigenvalue weighted by molar-refractivity contribution is -0.143. The summed E-state index contributed by atoms with van der Waals surface area (Å²) < 4.78 is 1.85. The second-order valence-corrected chi connectivity index (χ2v) is 5.58. The standard InChI is InChI=1S/C15H24N4O2/c1-5-13-15(21)16-8-9-19(13)14(20)7-6-12-10(2)17-18(4)11(12)3/h13H,5-9H2,1-4H3,(H,16,21). The highest BCUT2D eigenvalue weighted by Crippen LogP contribution is 2.16. The van der Waals surface area contributed by atoms with Crippen LogP contribution in [0, 0.1) is 13.8 Å². The van der Waals surface area contributed by atoms with Gasteiger partial charge in [-0.05, 0) is 32.3 Å². The minimum Gasteiger partial charge on any atom is -0.353 e. The molecular weight excluding hydrogens is 268 g/mol. The zero-order valence-corrected chi connectivity index (χ0v) is 13.3. The molecule has 0 radical (unpaired) electrons. The summed E-state index contributed by atoms with van der Waals surface area (Å²) in [6, 6.07) is -0.317. The van der Waals surface area contributed by atoms with Gasteiger partial charge in [-0.25, -0.2) is 0 Å². The quantitative estimate of drug-likeness (QED) is 0.888. The number of nitrogens with one attached hydrogen (secondary N) is 1. The van der Waals surface area contributed by atoms with Gasteiger partial charge in [0.25, 0.3) is 0 Å². The van der Waals surface area contributed by atoms with Crippen LogP contribution in [0.25, 0.3) is 0 Å². The van der Waals surface area contributed by atoms with Crippen molar-refractivity contribution < 1.29 is 9.59 Å². The molecule has 6 nitrogen and oxygen atoms in total. The van der Waals surface area contributed by atoms with Gasteiger partial charge in [0.15, 0.2) is 0 Å². The molecule has 1 atom stereocenters. The van der Waals surface area contributed by atoms with Gasteiger partial charge in [-0.3, -0.25) is 14.3 Å². The molecule has 0 spiro atoms. The second kappa shape index (κ2) is 6.28. The average molecular weight is 292 g/mol. The van der Waals surface area contributed by atoms with Gasteiger partial charge in [-0.15, -0.1) is 0 Å². The zero-order chi connectivity index (χ0) is 15.6. The smallest absolute Gasteiger partial charge is 0.242 e. The molecule has 0 aromatic carbocycles. The van der Waals surface area contributed by atoms with Crippen LogP contribution in [0.4, 0.5) is 0 Å². The molecule has 1 saturated heterocycles. The molecule has 1 aliphatic rings. The van der Waals surface area contributed by atoms with Crippen molar-refractivity contribution in [3.63, 3.8) is 0 Å². The monoisotopic (exact) mass is 292 g/mol. The lowest BCUT2D eigenvalue weighted by Crippen LogP contribution is -2.56. The highest BCUT2D eigenvalue weighted by atomic mass is 16.2. The molecule has 6 heteroatoms. The van der Waals surface area contributed by atoms with E-state index in [1.54, 1.807) is 4.90 Å². The van der Waals surface area contributed by atoms with Gasteiger partial charge in [-0.1, -0.05) is 6.92 Å². The van der Waals surface area contributed by atoms with Crippen LogP contribution in [0.5, 0.6) is 0 Å². The number of piperazine rings is 1. The van der Waals surface area contributed by atoms with E-state index in [4.69, 9.17) is 0 Å². The van der Waals surface area contributed by atoms with Crippen molar-refractivity contribution in [3.05, 3.63) is 17.0 Å². The molecule has 116 valence electrons. The first-order valence-electron chi connectivity index (χ1n) is 7.52. The molecule has 21 heavy (non-hydrogen) atoms. The number of carbonyl (C=O) groups excluding carboxylic acids is 2. The van der Waals surface area contributed by atoms with Gasteiger partial charge in [0.05, 0.1) is 5.69 Å². The molecule has 1 aromatic rings. The highest BCUT2D eigenvalue weighted by Gasteiger charge is 2.31. The van der Waals surface area contributed by atoms with E-state index in [0.29, 0.717) is 32.4 Å². The number of hydrogen-bond acceptors (Lipinski definition) is 3. The Kier molecular flexibility index (Phi) is 4.65. The molecule has 1 fully saturated rings. The first-order chi connectivity index (χ1) is 9.95. The summed E-state index contributed by atoms with van der Waals surface area (Å²) in [6.45, 7) is 7.07. The zero-order valence-electron chi connectivity index (χ0n) is 13.3. The van der Waals surface area contributed by atoms with Gasteiger partial charge in [-0.2, -0.15) is 5.10 Å². The van der Waals surface area contributed by atoms with Crippen molar-refractivity contribution in [2.24, 2.45) is 7.05 Å². The Morgan fingerprint density at radius 2 is 2.14 bits per heavy atom. The molecule has 1 unspecified atom stereocenters. The Bertz CT molecular complexity index is 550. The topological polar surface area (TPSA) is 67.2 Å². The van der Waals surface area contributed by atoms with Crippen LogP contribution in [0.15, 0.2) is 0 Å². The number of nitrogens with zero attached hydrogens (tertiary/aromatic N) is 3. The summed E-state index contributed by atoms with van der Waals surface area (Å²) in [7, 11) is 1.91. The molecular formula is C15H24N4O2. The van der Waals surface area contributed by atoms with Crippen LogP contribution in [-0.4, -0.2) is 45.6 Å². The Morgan fingerprint density at radius 3 is 2.71 bits per heavy atom. The molecule has 2 heterocycles. The van der Waals surface area contributed by atoms with Gasteiger partial charge >= 0.3 is 0 Å². The van der Waals surface area contributed by atoms with E-state index in [1.807, 2.05) is 32.5 Å². The fraction of sp³-hybridized carbons (Fsp3) is 0.667. The summed E-state index contributed by atoms with van der Waals surface area (Å²) in [5.41, 5.74) is 3.22. The largest absolute Gasteiger partial charge is 0.353 e. The first kappa shape index (κ1) is 15.5. The van der Waals surface area contributed by atoms with Crippen LogP contribution in [0.3, 0.4) is 0 Å². The Hall–Kier alpha value is -1.85. The van der Waals surface area contributed by atoms with Crippen LogP contribution in [0.2, 0.25) is 0 Å². The van der Waals surface area contributed by atoms with E-state index >= 15 is 0 Å². The van der Waals surface area contributed by atoms with Crippen molar-refractivity contribution in [1.29, 1.82) is 0 Å². The predicted octanol–water partition coefficient (Wildman–Crippen LogP) is 0.707. The SMILES string of the molecule is CCC1C(=O)NCCN1C(=O)CCc1c(C)nn(C)c1C. The fourth-order valence-electron chi connectivity index (χ4n) is 2.97. The van der Waals surface area contributed by atoms with Crippen LogP contribution < -0.4 is 5.32 Å². The summed E-state index contributed by atoms with van der Waals surface area (Å²) in [5, 5.41) is 7.19. The van der Waals surface area contributed by atoms with Crippen molar-refractivity contribution >= 4 is 11.8 Å². The summed E-state index contributed by atoms with van der Waals surface area (Å²) in [6.07, 6.45) is 1.76. The third-order valence-electron chi connectivity index (χ3n) is 4.29. The molecule has 2 rings (SSSR count). The van der Waals surface area contributed by atoms with Crippen molar-refractivity contribution in [2.45, 2.75) is 46.1 Å². The highest BCUT2D eigenvalue weighted by molar-refractivity contribution is 5.88. The normalized spacial score (nSPS) is 18.8. The third kappa shape index (κ3) is 3.09. The Morgan fingerprint density at radius 1 is 1.43 bits per heavy atom. The fourth-order valence-corrected chi connectivity index (χ4v) is 2.97. The molecule has 0 bridgehead atoms. The van der Waals surface area contributed by atoms with E-state index in [-0.39, 0.29) is 17.9 Å². The molecule has 2 amide bonds. The number of aryl methyl sites for hydroxylation is 2. The first-order valence-corrected chi connectivity index (χ1v) is 7.52. The van der Waals surface area contributed by atoms with E-state index in [0.717, 1.165) is 17.0 Å². The van der Waals surface area contributed by atoms with E-state index in [9.17, 15) is 9.59 Å². The molecule has 1 N–H and O–H groups in total. The number of aromatic nitrogens is 2. The minimum absolute atomic E-state index is 0.0363. The lowest BCUT2D eigenvalue weighted by Gasteiger charge is -2.34. The van der Waals surface area contributed by atoms with E-state index in [2.05, 4.69) is 10.4 Å². The number of carbonyl (C=O) groups is 2. The summed E-state index contributed by atoms with van der Waals surface area (Å²) in [4.78, 5) is 26.0. The van der Waals surface area contributed by atoms with Crippen LogP contribution >= 0.6 is 0 Å². The van der Waals surface area contributed by atoms with Crippen molar-refractivity contribution in [2.75, 3.05) is 13.1 Å². The summed E-state index contributed by atoms with van der Waals surface area (Å²) in [5.74, 6) is 0.0187. The minimum atomic E-state index is -0.317. The van der Waals surface area contributed by atoms with E-state index in [1.165, 1.54) is 0 Å². The number of rotatable bonds is 4. The molecule has 1 aliphatic heterocycles. The van der Waals surface area contributed by atoms with Crippen LogP contribution in [0.1, 0.15) is 36.7 Å². The van der Waals surface area contributed by atoms with Gasteiger partial charge in [0, 0.05) is 32.3 Å². The van der Waals surface area contributed by atoms with E-state index < -0.39 is 0 Å². The molecule has 0 aliphatic carbocycles. The average Bonchev–Trinajstić information content (AvgIpc) is 2.69. The van der Waals surface area contributed by atoms with Crippen LogP contribution in [-0.2, 0) is 23.1 Å². The Labute approximate surface area is 125 Å². The molecule has 1 aromatic heterocycles.